The molecule has 0 radical (unpaired) electrons. The molecule has 0 aliphatic heterocycles. The second-order valence-electron chi connectivity index (χ2n) is 3.75. The van der Waals surface area contributed by atoms with E-state index < -0.39 is 5.97 Å². The van der Waals surface area contributed by atoms with Gasteiger partial charge in [0.15, 0.2) is 5.78 Å². The number of hydrogen-bond acceptors (Lipinski definition) is 3. The van der Waals surface area contributed by atoms with Gasteiger partial charge in [0.2, 0.25) is 0 Å². The van der Waals surface area contributed by atoms with E-state index in [1.54, 1.807) is 12.1 Å². The van der Waals surface area contributed by atoms with Gasteiger partial charge in [-0.2, -0.15) is 0 Å². The fourth-order valence-electron chi connectivity index (χ4n) is 1.55. The molecule has 0 spiro atoms. The molecule has 0 aliphatic carbocycles. The van der Waals surface area contributed by atoms with E-state index in [9.17, 15) is 9.59 Å². The van der Waals surface area contributed by atoms with Gasteiger partial charge in [-0.1, -0.05) is 27.5 Å². The van der Waals surface area contributed by atoms with Crippen LogP contribution in [0.1, 0.15) is 40.0 Å². The number of benzene rings is 1. The van der Waals surface area contributed by atoms with E-state index in [0.717, 1.165) is 18.2 Å². The molecule has 1 rings (SSSR count). The molecule has 98 valence electrons. The average molecular weight is 334 g/mol. The molecule has 0 atom stereocenters. The first-order chi connectivity index (χ1) is 8.60. The summed E-state index contributed by atoms with van der Waals surface area (Å²) in [5, 5.41) is 1.28. The molecule has 0 aromatic heterocycles. The number of hydrogen-bond donors (Lipinski definition) is 0. The Hall–Kier alpha value is -0.870. The summed E-state index contributed by atoms with van der Waals surface area (Å²) in [6.45, 7) is 0. The predicted molar refractivity (Wildman–Crippen MR) is 74.8 cm³/mol. The first-order valence-electron chi connectivity index (χ1n) is 5.57. The number of halogens is 2. The lowest BCUT2D eigenvalue weighted by Gasteiger charge is -2.07. The van der Waals surface area contributed by atoms with Crippen molar-refractivity contribution in [1.82, 2.24) is 0 Å². The van der Waals surface area contributed by atoms with Crippen LogP contribution in [-0.2, 0) is 4.74 Å². The Morgan fingerprint density at radius 1 is 1.28 bits per heavy atom. The van der Waals surface area contributed by atoms with Crippen molar-refractivity contribution in [3.8, 4) is 0 Å². The number of methoxy groups -OCH3 is 1. The van der Waals surface area contributed by atoms with E-state index in [0.29, 0.717) is 17.0 Å². The zero-order valence-corrected chi connectivity index (χ0v) is 12.4. The average Bonchev–Trinajstić information content (AvgIpc) is 2.37. The minimum atomic E-state index is -0.540. The Kier molecular flexibility index (Phi) is 6.36. The summed E-state index contributed by atoms with van der Waals surface area (Å²) in [5.41, 5.74) is 0.606. The maximum atomic E-state index is 12.0. The highest BCUT2D eigenvalue weighted by Crippen LogP contribution is 2.19. The van der Waals surface area contributed by atoms with Crippen molar-refractivity contribution in [2.45, 2.75) is 19.3 Å². The van der Waals surface area contributed by atoms with Crippen LogP contribution in [0, 0.1) is 0 Å². The quantitative estimate of drug-likeness (QED) is 0.343. The van der Waals surface area contributed by atoms with E-state index in [4.69, 9.17) is 11.6 Å². The minimum Gasteiger partial charge on any atom is -0.465 e. The van der Waals surface area contributed by atoms with Gasteiger partial charge < -0.3 is 4.74 Å². The molecule has 3 nitrogen and oxygen atoms in total. The third-order valence-electron chi connectivity index (χ3n) is 2.47. The maximum absolute atomic E-state index is 12.0. The number of ketones is 1. The van der Waals surface area contributed by atoms with Crippen LogP contribution in [0.3, 0.4) is 0 Å². The lowest BCUT2D eigenvalue weighted by Crippen LogP contribution is -2.10. The molecular formula is C13H14BrClO3. The number of unbranched alkanes of at least 4 members (excludes halogenated alkanes) is 1. The Morgan fingerprint density at radius 2 is 2.00 bits per heavy atom. The van der Waals surface area contributed by atoms with Crippen molar-refractivity contribution in [2.24, 2.45) is 0 Å². The normalized spacial score (nSPS) is 10.2. The first-order valence-corrected chi connectivity index (χ1v) is 7.07. The summed E-state index contributed by atoms with van der Waals surface area (Å²) >= 11 is 9.14. The standard InChI is InChI=1S/C13H14BrClO3/c1-18-13(17)11-8-9(15)5-6-10(11)12(16)4-2-3-7-14/h5-6,8H,2-4,7H2,1H3. The molecule has 0 aliphatic rings. The molecule has 1 aromatic rings. The fraction of sp³-hybridized carbons (Fsp3) is 0.385. The molecule has 0 amide bonds. The highest BCUT2D eigenvalue weighted by Gasteiger charge is 2.17. The van der Waals surface area contributed by atoms with Crippen LogP contribution in [0.15, 0.2) is 18.2 Å². The Balaban J connectivity index is 2.93. The van der Waals surface area contributed by atoms with Gasteiger partial charge in [-0.05, 0) is 31.0 Å². The van der Waals surface area contributed by atoms with E-state index >= 15 is 0 Å². The summed E-state index contributed by atoms with van der Waals surface area (Å²) in [6, 6.07) is 4.64. The smallest absolute Gasteiger partial charge is 0.338 e. The zero-order chi connectivity index (χ0) is 13.5. The van der Waals surface area contributed by atoms with E-state index in [2.05, 4.69) is 20.7 Å². The summed E-state index contributed by atoms with van der Waals surface area (Å²) in [6.07, 6.45) is 2.12. The van der Waals surface area contributed by atoms with Crippen molar-refractivity contribution >= 4 is 39.3 Å². The second-order valence-corrected chi connectivity index (χ2v) is 4.98. The molecule has 5 heteroatoms. The molecule has 0 heterocycles. The monoisotopic (exact) mass is 332 g/mol. The van der Waals surface area contributed by atoms with Crippen molar-refractivity contribution in [2.75, 3.05) is 12.4 Å². The fourth-order valence-corrected chi connectivity index (χ4v) is 2.12. The lowest BCUT2D eigenvalue weighted by molar-refractivity contribution is 0.0597. The summed E-state index contributed by atoms with van der Waals surface area (Å²) in [5.74, 6) is -0.602. The number of Topliss-reactive ketones (excluding diaryl/α,β-unsaturated/α-hetero) is 1. The molecular weight excluding hydrogens is 319 g/mol. The van der Waals surface area contributed by atoms with Crippen LogP contribution >= 0.6 is 27.5 Å². The Labute approximate surface area is 120 Å². The summed E-state index contributed by atoms with van der Waals surface area (Å²) in [7, 11) is 1.28. The minimum absolute atomic E-state index is 0.0620. The lowest BCUT2D eigenvalue weighted by atomic mass is 10.00. The maximum Gasteiger partial charge on any atom is 0.338 e. The zero-order valence-electron chi connectivity index (χ0n) is 10.0. The Bertz CT molecular complexity index is 446. The van der Waals surface area contributed by atoms with Gasteiger partial charge in [0.1, 0.15) is 0 Å². The van der Waals surface area contributed by atoms with Gasteiger partial charge in [-0.25, -0.2) is 4.79 Å². The SMILES string of the molecule is COC(=O)c1cc(Cl)ccc1C(=O)CCCCBr. The van der Waals surface area contributed by atoms with Crippen LogP contribution in [0.2, 0.25) is 5.02 Å². The van der Waals surface area contributed by atoms with Crippen molar-refractivity contribution < 1.29 is 14.3 Å². The van der Waals surface area contributed by atoms with E-state index in [1.807, 2.05) is 0 Å². The molecule has 0 fully saturated rings. The van der Waals surface area contributed by atoms with Gasteiger partial charge in [0.05, 0.1) is 12.7 Å². The van der Waals surface area contributed by atoms with Crippen LogP contribution in [0.4, 0.5) is 0 Å². The van der Waals surface area contributed by atoms with E-state index in [1.165, 1.54) is 13.2 Å². The van der Waals surface area contributed by atoms with Gasteiger partial charge in [-0.15, -0.1) is 0 Å². The van der Waals surface area contributed by atoms with Crippen molar-refractivity contribution in [1.29, 1.82) is 0 Å². The number of ether oxygens (including phenoxy) is 1. The summed E-state index contributed by atoms with van der Waals surface area (Å²) < 4.78 is 4.65. The summed E-state index contributed by atoms with van der Waals surface area (Å²) in [4.78, 5) is 23.6. The Morgan fingerprint density at radius 3 is 2.61 bits per heavy atom. The van der Waals surface area contributed by atoms with Gasteiger partial charge in [0, 0.05) is 22.3 Å². The van der Waals surface area contributed by atoms with Gasteiger partial charge in [0.25, 0.3) is 0 Å². The van der Waals surface area contributed by atoms with Gasteiger partial charge >= 0.3 is 5.97 Å². The van der Waals surface area contributed by atoms with E-state index in [-0.39, 0.29) is 11.3 Å². The van der Waals surface area contributed by atoms with Gasteiger partial charge in [-0.3, -0.25) is 4.79 Å². The third-order valence-corrected chi connectivity index (χ3v) is 3.27. The molecule has 0 N–H and O–H groups in total. The topological polar surface area (TPSA) is 43.4 Å². The largest absolute Gasteiger partial charge is 0.465 e. The van der Waals surface area contributed by atoms with Crippen LogP contribution < -0.4 is 0 Å². The molecule has 18 heavy (non-hydrogen) atoms. The third kappa shape index (κ3) is 4.10. The van der Waals surface area contributed by atoms with Crippen molar-refractivity contribution in [3.05, 3.63) is 34.3 Å². The van der Waals surface area contributed by atoms with Crippen LogP contribution in [0.5, 0.6) is 0 Å². The first kappa shape index (κ1) is 15.2. The molecule has 0 bridgehead atoms. The molecule has 0 saturated carbocycles. The number of carbonyl (C=O) groups excluding carboxylic acids is 2. The van der Waals surface area contributed by atoms with Crippen LogP contribution in [-0.4, -0.2) is 24.2 Å². The highest BCUT2D eigenvalue weighted by atomic mass is 79.9. The molecule has 1 aromatic carbocycles. The molecule has 0 unspecified atom stereocenters. The number of carbonyl (C=O) groups is 2. The molecule has 0 saturated heterocycles. The van der Waals surface area contributed by atoms with Crippen LogP contribution in [0.25, 0.3) is 0 Å². The predicted octanol–water partition coefficient (Wildman–Crippen LogP) is 3.87. The number of alkyl halides is 1. The van der Waals surface area contributed by atoms with Crippen molar-refractivity contribution in [3.63, 3.8) is 0 Å². The number of esters is 1. The second kappa shape index (κ2) is 7.54. The number of rotatable bonds is 6. The highest BCUT2D eigenvalue weighted by molar-refractivity contribution is 9.09.